The van der Waals surface area contributed by atoms with Gasteiger partial charge in [0.05, 0.1) is 0 Å². The SMILES string of the molecule is CC(=O)c1ccc(C)cc1.Cc1ccc2c(C)cccc2c1.Cc1ccc2cccc(C)c2c1. The molecule has 1 nitrogen and oxygen atoms in total. The molecule has 0 aromatic heterocycles. The lowest BCUT2D eigenvalue weighted by Gasteiger charge is -2.01. The molecule has 5 aromatic rings. The van der Waals surface area contributed by atoms with Crippen LogP contribution in [0.3, 0.4) is 0 Å². The maximum absolute atomic E-state index is 10.8. The molecule has 0 fully saturated rings. The summed E-state index contributed by atoms with van der Waals surface area (Å²) in [7, 11) is 0. The van der Waals surface area contributed by atoms with E-state index in [4.69, 9.17) is 0 Å². The molecule has 5 aromatic carbocycles. The van der Waals surface area contributed by atoms with Crippen LogP contribution in [0.1, 0.15) is 45.1 Å². The molecule has 0 amide bonds. The summed E-state index contributed by atoms with van der Waals surface area (Å²) in [5.41, 5.74) is 7.34. The lowest BCUT2D eigenvalue weighted by atomic mass is 10.0. The maximum Gasteiger partial charge on any atom is 0.159 e. The van der Waals surface area contributed by atoms with Gasteiger partial charge in [-0.1, -0.05) is 114 Å². The van der Waals surface area contributed by atoms with Crippen molar-refractivity contribution < 1.29 is 4.79 Å². The Bertz CT molecular complexity index is 1410. The minimum Gasteiger partial charge on any atom is -0.295 e. The third-order valence-electron chi connectivity index (χ3n) is 5.97. The van der Waals surface area contributed by atoms with E-state index in [1.54, 1.807) is 6.92 Å². The van der Waals surface area contributed by atoms with E-state index in [1.807, 2.05) is 31.2 Å². The monoisotopic (exact) mass is 446 g/mol. The van der Waals surface area contributed by atoms with Crippen LogP contribution in [0.15, 0.2) is 97.1 Å². The second kappa shape index (κ2) is 11.4. The van der Waals surface area contributed by atoms with Crippen molar-refractivity contribution in [1.82, 2.24) is 0 Å². The molecule has 0 N–H and O–H groups in total. The molecule has 0 aliphatic rings. The van der Waals surface area contributed by atoms with Crippen molar-refractivity contribution in [3.8, 4) is 0 Å². The Morgan fingerprint density at radius 3 is 1.68 bits per heavy atom. The highest BCUT2D eigenvalue weighted by atomic mass is 16.1. The molecular weight excluding hydrogens is 412 g/mol. The smallest absolute Gasteiger partial charge is 0.159 e. The summed E-state index contributed by atoms with van der Waals surface area (Å²) in [5.74, 6) is 0.125. The third-order valence-corrected chi connectivity index (χ3v) is 5.97. The van der Waals surface area contributed by atoms with Gasteiger partial charge in [0.1, 0.15) is 0 Å². The molecule has 0 aliphatic carbocycles. The Morgan fingerprint density at radius 2 is 1.03 bits per heavy atom. The molecule has 0 spiro atoms. The molecule has 0 bridgehead atoms. The van der Waals surface area contributed by atoms with Gasteiger partial charge in [0.15, 0.2) is 5.78 Å². The van der Waals surface area contributed by atoms with E-state index in [2.05, 4.69) is 100 Å². The number of benzene rings is 5. The number of aryl methyl sites for hydroxylation is 5. The zero-order chi connectivity index (χ0) is 24.7. The number of fused-ring (bicyclic) bond motifs is 2. The molecule has 0 radical (unpaired) electrons. The average molecular weight is 447 g/mol. The predicted molar refractivity (Wildman–Crippen MR) is 148 cm³/mol. The first-order valence-corrected chi connectivity index (χ1v) is 11.7. The highest BCUT2D eigenvalue weighted by Gasteiger charge is 1.96. The number of hydrogen-bond acceptors (Lipinski definition) is 1. The predicted octanol–water partition coefficient (Wildman–Crippen LogP) is 9.11. The Morgan fingerprint density at radius 1 is 0.500 bits per heavy atom. The van der Waals surface area contributed by atoms with Crippen molar-refractivity contribution in [2.45, 2.75) is 41.5 Å². The highest BCUT2D eigenvalue weighted by Crippen LogP contribution is 2.20. The van der Waals surface area contributed by atoms with Gasteiger partial charge >= 0.3 is 0 Å². The average Bonchev–Trinajstić information content (AvgIpc) is 2.81. The number of rotatable bonds is 1. The van der Waals surface area contributed by atoms with Crippen LogP contribution in [-0.2, 0) is 0 Å². The van der Waals surface area contributed by atoms with E-state index in [1.165, 1.54) is 49.4 Å². The van der Waals surface area contributed by atoms with Crippen molar-refractivity contribution in [3.63, 3.8) is 0 Å². The summed E-state index contributed by atoms with van der Waals surface area (Å²) in [6.07, 6.45) is 0. The molecule has 1 heteroatoms. The van der Waals surface area contributed by atoms with Gasteiger partial charge in [0, 0.05) is 5.56 Å². The summed E-state index contributed by atoms with van der Waals surface area (Å²) in [4.78, 5) is 10.8. The number of hydrogen-bond donors (Lipinski definition) is 0. The molecule has 0 unspecified atom stereocenters. The maximum atomic E-state index is 10.8. The molecule has 0 atom stereocenters. The van der Waals surface area contributed by atoms with E-state index < -0.39 is 0 Å². The second-order valence-corrected chi connectivity index (χ2v) is 9.02. The number of Topliss-reactive ketones (excluding diaryl/α,β-unsaturated/α-hetero) is 1. The minimum atomic E-state index is 0.125. The zero-order valence-corrected chi connectivity index (χ0v) is 21.1. The Labute approximate surface area is 204 Å². The molecular formula is C33H34O. The van der Waals surface area contributed by atoms with E-state index in [-0.39, 0.29) is 5.78 Å². The van der Waals surface area contributed by atoms with Gasteiger partial charge in [0.25, 0.3) is 0 Å². The van der Waals surface area contributed by atoms with Gasteiger partial charge in [-0.2, -0.15) is 0 Å². The summed E-state index contributed by atoms with van der Waals surface area (Å²) in [6, 6.07) is 33.6. The largest absolute Gasteiger partial charge is 0.295 e. The molecule has 0 aliphatic heterocycles. The molecule has 0 saturated carbocycles. The van der Waals surface area contributed by atoms with Gasteiger partial charge < -0.3 is 0 Å². The quantitative estimate of drug-likeness (QED) is 0.235. The van der Waals surface area contributed by atoms with Crippen molar-refractivity contribution in [3.05, 3.63) is 130 Å². The van der Waals surface area contributed by atoms with E-state index >= 15 is 0 Å². The van der Waals surface area contributed by atoms with Crippen molar-refractivity contribution in [2.75, 3.05) is 0 Å². The van der Waals surface area contributed by atoms with Crippen LogP contribution in [0.5, 0.6) is 0 Å². The Kier molecular flexibility index (Phi) is 8.38. The summed E-state index contributed by atoms with van der Waals surface area (Å²) < 4.78 is 0. The first-order valence-electron chi connectivity index (χ1n) is 11.7. The van der Waals surface area contributed by atoms with Gasteiger partial charge in [-0.25, -0.2) is 0 Å². The molecule has 0 saturated heterocycles. The number of ketones is 1. The van der Waals surface area contributed by atoms with E-state index in [9.17, 15) is 4.79 Å². The first-order chi connectivity index (χ1) is 16.2. The van der Waals surface area contributed by atoms with E-state index in [0.717, 1.165) is 5.56 Å². The minimum absolute atomic E-state index is 0.125. The highest BCUT2D eigenvalue weighted by molar-refractivity contribution is 5.94. The van der Waals surface area contributed by atoms with Gasteiger partial charge in [0.2, 0.25) is 0 Å². The van der Waals surface area contributed by atoms with E-state index in [0.29, 0.717) is 0 Å². The van der Waals surface area contributed by atoms with Crippen LogP contribution in [0.4, 0.5) is 0 Å². The normalized spacial score (nSPS) is 10.2. The zero-order valence-electron chi connectivity index (χ0n) is 21.1. The molecule has 34 heavy (non-hydrogen) atoms. The van der Waals surface area contributed by atoms with Crippen molar-refractivity contribution in [1.29, 1.82) is 0 Å². The molecule has 0 heterocycles. The third kappa shape index (κ3) is 6.65. The number of carbonyl (C=O) groups excluding carboxylic acids is 1. The van der Waals surface area contributed by atoms with Crippen LogP contribution in [-0.4, -0.2) is 5.78 Å². The summed E-state index contributed by atoms with van der Waals surface area (Å²) in [5, 5.41) is 5.41. The molecule has 172 valence electrons. The van der Waals surface area contributed by atoms with Gasteiger partial charge in [-0.3, -0.25) is 4.79 Å². The van der Waals surface area contributed by atoms with Crippen LogP contribution in [0, 0.1) is 34.6 Å². The Balaban J connectivity index is 0.000000144. The van der Waals surface area contributed by atoms with Crippen molar-refractivity contribution >= 4 is 27.3 Å². The standard InChI is InChI=1S/2C12H12.C9H10O/c1-9-6-7-12-10(2)4-3-5-11(12)8-9;1-9-6-7-11-5-3-4-10(2)12(11)8-9;1-7-3-5-9(6-4-7)8(2)10/h2*3-8H,1-2H3;3-6H,1-2H3. The fourth-order valence-electron chi connectivity index (χ4n) is 3.90. The molecule has 5 rings (SSSR count). The van der Waals surface area contributed by atoms with Crippen LogP contribution in [0.2, 0.25) is 0 Å². The van der Waals surface area contributed by atoms with Gasteiger partial charge in [-0.15, -0.1) is 0 Å². The fraction of sp³-hybridized carbons (Fsp3) is 0.182. The van der Waals surface area contributed by atoms with Crippen LogP contribution in [0.25, 0.3) is 21.5 Å². The lowest BCUT2D eigenvalue weighted by molar-refractivity contribution is 0.101. The first kappa shape index (κ1) is 24.9. The second-order valence-electron chi connectivity index (χ2n) is 9.02. The van der Waals surface area contributed by atoms with Crippen molar-refractivity contribution in [2.24, 2.45) is 0 Å². The Hall–Kier alpha value is -3.71. The fourth-order valence-corrected chi connectivity index (χ4v) is 3.90. The lowest BCUT2D eigenvalue weighted by Crippen LogP contribution is -1.90. The van der Waals surface area contributed by atoms with Gasteiger partial charge in [-0.05, 0) is 74.2 Å². The van der Waals surface area contributed by atoms with Crippen LogP contribution < -0.4 is 0 Å². The topological polar surface area (TPSA) is 17.1 Å². The number of carbonyl (C=O) groups is 1. The summed E-state index contributed by atoms with van der Waals surface area (Å²) >= 11 is 0. The van der Waals surface area contributed by atoms with Crippen LogP contribution >= 0.6 is 0 Å². The summed E-state index contributed by atoms with van der Waals surface area (Å²) in [6.45, 7) is 12.1.